The summed E-state index contributed by atoms with van der Waals surface area (Å²) in [6, 6.07) is 6.44. The fraction of sp³-hybridized carbons (Fsp3) is 0.0476. The number of nitrogens with one attached hydrogen (secondary N) is 1. The van der Waals surface area contributed by atoms with Crippen LogP contribution in [0.1, 0.15) is 10.4 Å². The van der Waals surface area contributed by atoms with Gasteiger partial charge in [-0.2, -0.15) is 0 Å². The normalized spacial score (nSPS) is 11.7. The highest BCUT2D eigenvalue weighted by Crippen LogP contribution is 2.36. The van der Waals surface area contributed by atoms with Gasteiger partial charge in [-0.3, -0.25) is 9.36 Å². The van der Waals surface area contributed by atoms with Gasteiger partial charge >= 0.3 is 0 Å². The number of amides is 1. The zero-order chi connectivity index (χ0) is 24.1. The number of carbonyl (C=O) groups excluding carboxylic acids is 1. The Kier molecular flexibility index (Phi) is 5.85. The quantitative estimate of drug-likeness (QED) is 0.411. The average molecular weight is 514 g/mol. The first-order chi connectivity index (χ1) is 15.4. The number of aromatic nitrogens is 2. The first-order valence-corrected chi connectivity index (χ1v) is 11.7. The van der Waals surface area contributed by atoms with E-state index in [4.69, 9.17) is 23.2 Å². The van der Waals surface area contributed by atoms with Gasteiger partial charge in [0.1, 0.15) is 23.1 Å². The molecule has 0 unspecified atom stereocenters. The minimum Gasteiger partial charge on any atom is -0.299 e. The third kappa shape index (κ3) is 4.54. The molecule has 6 nitrogen and oxygen atoms in total. The number of pyridine rings is 1. The minimum atomic E-state index is -3.93. The lowest BCUT2D eigenvalue weighted by Crippen LogP contribution is -2.30. The van der Waals surface area contributed by atoms with Crippen LogP contribution in [0.25, 0.3) is 27.8 Å². The Hall–Kier alpha value is -3.08. The smallest absolute Gasteiger partial charge is 0.267 e. The summed E-state index contributed by atoms with van der Waals surface area (Å²) in [6.45, 7) is 0. The van der Waals surface area contributed by atoms with E-state index in [1.54, 1.807) is 4.72 Å². The van der Waals surface area contributed by atoms with Crippen molar-refractivity contribution in [1.29, 1.82) is 0 Å². The average Bonchev–Trinajstić information content (AvgIpc) is 3.06. The van der Waals surface area contributed by atoms with E-state index < -0.39 is 38.9 Å². The molecule has 1 N–H and O–H groups in total. The number of halogens is 5. The molecule has 0 aliphatic heterocycles. The topological polar surface area (TPSA) is 81.1 Å². The fourth-order valence-corrected chi connectivity index (χ4v) is 4.17. The largest absolute Gasteiger partial charge is 0.299 e. The molecule has 0 spiro atoms. The van der Waals surface area contributed by atoms with E-state index in [2.05, 4.69) is 4.98 Å². The van der Waals surface area contributed by atoms with Crippen LogP contribution in [-0.2, 0) is 10.0 Å². The van der Waals surface area contributed by atoms with Crippen molar-refractivity contribution in [1.82, 2.24) is 14.3 Å². The summed E-state index contributed by atoms with van der Waals surface area (Å²) in [6.07, 6.45) is 3.49. The SMILES string of the molecule is CS(=O)(=O)NC(=O)c1cc(Cl)c(-n2cc(-c3ccc(F)cc3F)c3cc(Cl)cnc32)cc1F. The molecule has 0 radical (unpaired) electrons. The second kappa shape index (κ2) is 8.36. The Labute approximate surface area is 195 Å². The second-order valence-corrected chi connectivity index (χ2v) is 9.64. The van der Waals surface area contributed by atoms with Gasteiger partial charge in [0.15, 0.2) is 0 Å². The number of carbonyl (C=O) groups is 1. The monoisotopic (exact) mass is 513 g/mol. The summed E-state index contributed by atoms with van der Waals surface area (Å²) < 4.78 is 68.3. The van der Waals surface area contributed by atoms with Crippen LogP contribution in [0.15, 0.2) is 48.8 Å². The van der Waals surface area contributed by atoms with Crippen LogP contribution in [0.4, 0.5) is 13.2 Å². The Bertz CT molecular complexity index is 1560. The van der Waals surface area contributed by atoms with E-state index in [-0.39, 0.29) is 32.5 Å². The van der Waals surface area contributed by atoms with Crippen molar-refractivity contribution in [2.45, 2.75) is 0 Å². The van der Waals surface area contributed by atoms with Crippen LogP contribution in [0.3, 0.4) is 0 Å². The van der Waals surface area contributed by atoms with Gasteiger partial charge in [-0.25, -0.2) is 31.3 Å². The lowest BCUT2D eigenvalue weighted by Gasteiger charge is -2.11. The molecule has 0 saturated carbocycles. The van der Waals surface area contributed by atoms with Gasteiger partial charge in [-0.15, -0.1) is 0 Å². The molecule has 33 heavy (non-hydrogen) atoms. The Morgan fingerprint density at radius 3 is 2.42 bits per heavy atom. The van der Waals surface area contributed by atoms with Crippen molar-refractivity contribution < 1.29 is 26.4 Å². The van der Waals surface area contributed by atoms with Gasteiger partial charge in [-0.05, 0) is 24.3 Å². The number of hydrogen-bond donors (Lipinski definition) is 1. The predicted octanol–water partition coefficient (Wildman–Crippen LogP) is 5.11. The van der Waals surface area contributed by atoms with Gasteiger partial charge in [-0.1, -0.05) is 23.2 Å². The van der Waals surface area contributed by atoms with Crippen LogP contribution >= 0.6 is 23.2 Å². The van der Waals surface area contributed by atoms with Crippen molar-refractivity contribution in [2.75, 3.05) is 6.26 Å². The highest BCUT2D eigenvalue weighted by Gasteiger charge is 2.22. The third-order valence-electron chi connectivity index (χ3n) is 4.65. The maximum Gasteiger partial charge on any atom is 0.267 e. The molecule has 4 rings (SSSR count). The lowest BCUT2D eigenvalue weighted by atomic mass is 10.1. The highest BCUT2D eigenvalue weighted by atomic mass is 35.5. The van der Waals surface area contributed by atoms with Gasteiger partial charge in [0.05, 0.1) is 27.6 Å². The van der Waals surface area contributed by atoms with E-state index in [1.807, 2.05) is 0 Å². The number of hydrogen-bond acceptors (Lipinski definition) is 4. The van der Waals surface area contributed by atoms with Gasteiger partial charge in [0.25, 0.3) is 5.91 Å². The van der Waals surface area contributed by atoms with Crippen LogP contribution < -0.4 is 4.72 Å². The zero-order valence-corrected chi connectivity index (χ0v) is 18.9. The van der Waals surface area contributed by atoms with E-state index in [1.165, 1.54) is 29.1 Å². The van der Waals surface area contributed by atoms with Crippen molar-refractivity contribution in [3.63, 3.8) is 0 Å². The van der Waals surface area contributed by atoms with Crippen molar-refractivity contribution in [2.24, 2.45) is 0 Å². The molecular weight excluding hydrogens is 502 g/mol. The Morgan fingerprint density at radius 1 is 1.03 bits per heavy atom. The number of fused-ring (bicyclic) bond motifs is 1. The van der Waals surface area contributed by atoms with Crippen LogP contribution in [0.5, 0.6) is 0 Å². The standard InChI is InChI=1S/C21H12Cl2F3N3O3S/c1-33(31,32)28-21(30)14-6-16(23)19(7-18(14)26)29-9-15(12-3-2-11(24)5-17(12)25)13-4-10(22)8-27-20(13)29/h2-9H,1H3,(H,28,30). The summed E-state index contributed by atoms with van der Waals surface area (Å²) in [5, 5.41) is 0.507. The van der Waals surface area contributed by atoms with Gasteiger partial charge in [0, 0.05) is 41.0 Å². The number of benzene rings is 2. The summed E-state index contributed by atoms with van der Waals surface area (Å²) in [7, 11) is -3.93. The van der Waals surface area contributed by atoms with Crippen LogP contribution in [-0.4, -0.2) is 30.1 Å². The molecule has 0 saturated heterocycles. The molecule has 0 atom stereocenters. The van der Waals surface area contributed by atoms with Gasteiger partial charge < -0.3 is 0 Å². The predicted molar refractivity (Wildman–Crippen MR) is 119 cm³/mol. The molecular formula is C21H12Cl2F3N3O3S. The van der Waals surface area contributed by atoms with Crippen molar-refractivity contribution in [3.05, 3.63) is 81.9 Å². The maximum atomic E-state index is 14.8. The molecule has 4 aromatic rings. The van der Waals surface area contributed by atoms with Crippen molar-refractivity contribution >= 4 is 50.2 Å². The molecule has 0 aliphatic rings. The van der Waals surface area contributed by atoms with Gasteiger partial charge in [0.2, 0.25) is 10.0 Å². The minimum absolute atomic E-state index is 0.0404. The Balaban J connectivity index is 1.92. The maximum absolute atomic E-state index is 14.8. The van der Waals surface area contributed by atoms with E-state index in [0.717, 1.165) is 30.5 Å². The Morgan fingerprint density at radius 2 is 1.76 bits per heavy atom. The molecule has 1 amide bonds. The summed E-state index contributed by atoms with van der Waals surface area (Å²) >= 11 is 12.4. The van der Waals surface area contributed by atoms with Crippen LogP contribution in [0, 0.1) is 17.5 Å². The summed E-state index contributed by atoms with van der Waals surface area (Å²) in [5.41, 5.74) is 0.00991. The molecule has 2 aromatic carbocycles. The van der Waals surface area contributed by atoms with Crippen LogP contribution in [0.2, 0.25) is 10.0 Å². The lowest BCUT2D eigenvalue weighted by molar-refractivity contribution is 0.0978. The molecule has 0 aliphatic carbocycles. The first-order valence-electron chi connectivity index (χ1n) is 9.08. The molecule has 0 bridgehead atoms. The number of sulfonamides is 1. The summed E-state index contributed by atoms with van der Waals surface area (Å²) in [5.74, 6) is -3.84. The molecule has 170 valence electrons. The highest BCUT2D eigenvalue weighted by molar-refractivity contribution is 7.89. The molecule has 2 aromatic heterocycles. The number of rotatable bonds is 4. The fourth-order valence-electron chi connectivity index (χ4n) is 3.31. The zero-order valence-electron chi connectivity index (χ0n) is 16.5. The first kappa shape index (κ1) is 23.1. The third-order valence-corrected chi connectivity index (χ3v) is 5.72. The van der Waals surface area contributed by atoms with E-state index in [9.17, 15) is 26.4 Å². The molecule has 0 fully saturated rings. The summed E-state index contributed by atoms with van der Waals surface area (Å²) in [4.78, 5) is 16.3. The van der Waals surface area contributed by atoms with Crippen molar-refractivity contribution in [3.8, 4) is 16.8 Å². The molecule has 2 heterocycles. The van der Waals surface area contributed by atoms with E-state index >= 15 is 0 Å². The molecule has 12 heteroatoms. The second-order valence-electron chi connectivity index (χ2n) is 7.05. The number of nitrogens with zero attached hydrogens (tertiary/aromatic N) is 2. The van der Waals surface area contributed by atoms with E-state index in [0.29, 0.717) is 5.39 Å².